The second-order valence-corrected chi connectivity index (χ2v) is 13.3. The number of likely N-dealkylation sites (tertiary alicyclic amines) is 1. The van der Waals surface area contributed by atoms with Gasteiger partial charge in [-0.1, -0.05) is 26.0 Å². The third-order valence-electron chi connectivity index (χ3n) is 7.94. The molecule has 0 spiro atoms. The number of nitrogens with zero attached hydrogens (tertiary/aromatic N) is 3. The van der Waals surface area contributed by atoms with Crippen molar-refractivity contribution < 1.29 is 54.0 Å². The van der Waals surface area contributed by atoms with Crippen LogP contribution in [0.2, 0.25) is 0 Å². The fraction of sp³-hybridized carbons (Fsp3) is 0.571. The second-order valence-electron chi connectivity index (χ2n) is 13.3. The number of amides is 4. The maximum atomic E-state index is 13.9. The van der Waals surface area contributed by atoms with Crippen LogP contribution in [-0.2, 0) is 40.0 Å². The lowest BCUT2D eigenvalue weighted by Crippen LogP contribution is -2.59. The van der Waals surface area contributed by atoms with Gasteiger partial charge in [-0.3, -0.25) is 38.8 Å². The van der Waals surface area contributed by atoms with Crippen molar-refractivity contribution in [3.05, 3.63) is 29.8 Å². The Morgan fingerprint density at radius 1 is 0.772 bits per heavy atom. The van der Waals surface area contributed by atoms with Gasteiger partial charge in [0.2, 0.25) is 23.6 Å². The van der Waals surface area contributed by atoms with E-state index in [0.29, 0.717) is 18.4 Å². The topological polar surface area (TPSA) is 395 Å². The first-order valence-electron chi connectivity index (χ1n) is 18.0. The Balaban J connectivity index is 0.00000356. The van der Waals surface area contributed by atoms with Crippen LogP contribution in [0.5, 0.6) is 5.75 Å². The Bertz CT molecular complexity index is 1530. The molecule has 0 bridgehead atoms. The van der Waals surface area contributed by atoms with Crippen LogP contribution >= 0.6 is 0 Å². The van der Waals surface area contributed by atoms with Gasteiger partial charge in [-0.25, -0.2) is 4.79 Å². The third-order valence-corrected chi connectivity index (χ3v) is 7.94. The van der Waals surface area contributed by atoms with Gasteiger partial charge in [0, 0.05) is 39.9 Å². The molecule has 17 N–H and O–H groups in total. The van der Waals surface area contributed by atoms with E-state index in [1.165, 1.54) is 17.0 Å². The van der Waals surface area contributed by atoms with E-state index in [-0.39, 0.29) is 69.4 Å². The molecule has 1 saturated heterocycles. The molecule has 22 heteroatoms. The van der Waals surface area contributed by atoms with Crippen molar-refractivity contribution in [3.8, 4) is 5.75 Å². The first kappa shape index (κ1) is 50.8. The highest BCUT2D eigenvalue weighted by molar-refractivity contribution is 5.95. The highest BCUT2D eigenvalue weighted by Gasteiger charge is 2.38. The molecule has 0 saturated carbocycles. The summed E-state index contributed by atoms with van der Waals surface area (Å²) in [6.45, 7) is 6.23. The quantitative estimate of drug-likeness (QED) is 0.0398. The molecule has 2 rings (SSSR count). The lowest BCUT2D eigenvalue weighted by atomic mass is 9.99. The van der Waals surface area contributed by atoms with E-state index in [2.05, 4.69) is 25.9 Å². The van der Waals surface area contributed by atoms with E-state index in [1.807, 2.05) is 0 Å². The minimum absolute atomic E-state index is 0.00366. The summed E-state index contributed by atoms with van der Waals surface area (Å²) < 4.78 is 0. The first-order valence-corrected chi connectivity index (χ1v) is 18.0. The first-order chi connectivity index (χ1) is 26.6. The molecule has 0 aliphatic carbocycles. The molecule has 1 aliphatic rings. The summed E-state index contributed by atoms with van der Waals surface area (Å²) in [4.78, 5) is 92.9. The fourth-order valence-electron chi connectivity index (χ4n) is 5.30. The number of guanidine groups is 2. The highest BCUT2D eigenvalue weighted by Crippen LogP contribution is 2.20. The van der Waals surface area contributed by atoms with Crippen molar-refractivity contribution in [1.29, 1.82) is 0 Å². The van der Waals surface area contributed by atoms with E-state index in [9.17, 15) is 34.2 Å². The molecule has 22 nitrogen and oxygen atoms in total. The number of aliphatic carboxylic acids is 3. The summed E-state index contributed by atoms with van der Waals surface area (Å²) in [6.07, 6.45) is 1.75. The Hall–Kier alpha value is -6.19. The minimum Gasteiger partial charge on any atom is -0.508 e. The molecule has 1 aromatic carbocycles. The van der Waals surface area contributed by atoms with Crippen LogP contribution in [0.1, 0.15) is 71.8 Å². The van der Waals surface area contributed by atoms with E-state index >= 15 is 0 Å². The molecule has 1 aromatic rings. The second kappa shape index (κ2) is 26.6. The largest absolute Gasteiger partial charge is 0.508 e. The van der Waals surface area contributed by atoms with Crippen LogP contribution in [-0.4, -0.2) is 129 Å². The zero-order valence-electron chi connectivity index (χ0n) is 32.7. The smallest absolute Gasteiger partial charge is 0.326 e. The van der Waals surface area contributed by atoms with Crippen molar-refractivity contribution in [2.75, 3.05) is 19.6 Å². The van der Waals surface area contributed by atoms with Gasteiger partial charge in [-0.15, -0.1) is 0 Å². The van der Waals surface area contributed by atoms with Gasteiger partial charge in [0.15, 0.2) is 11.9 Å². The summed E-state index contributed by atoms with van der Waals surface area (Å²) in [5.74, 6) is -6.02. The van der Waals surface area contributed by atoms with Crippen molar-refractivity contribution in [3.63, 3.8) is 0 Å². The number of phenolic OH excluding ortho intramolecular Hbond substituents is 1. The molecule has 5 atom stereocenters. The van der Waals surface area contributed by atoms with Gasteiger partial charge in [0.25, 0.3) is 11.9 Å². The number of hydrogen-bond acceptors (Lipinski definition) is 11. The molecule has 0 unspecified atom stereocenters. The van der Waals surface area contributed by atoms with Crippen LogP contribution in [0, 0.1) is 5.92 Å². The third kappa shape index (κ3) is 22.1. The molecule has 1 fully saturated rings. The van der Waals surface area contributed by atoms with Crippen LogP contribution in [0.15, 0.2) is 34.3 Å². The number of carboxylic acid groups (broad SMARTS) is 3. The molecule has 4 amide bonds. The van der Waals surface area contributed by atoms with Crippen LogP contribution in [0.3, 0.4) is 0 Å². The Kier molecular flexibility index (Phi) is 23.7. The number of aliphatic imine (C=N–C) groups is 2. The number of carbonyl (C=O) groups excluding carboxylic acids is 4. The van der Waals surface area contributed by atoms with Crippen molar-refractivity contribution in [2.24, 2.45) is 44.6 Å². The average molecular weight is 810 g/mol. The lowest BCUT2D eigenvalue weighted by molar-refractivity contribution is -0.149. The van der Waals surface area contributed by atoms with Crippen molar-refractivity contribution in [2.45, 2.75) is 103 Å². The summed E-state index contributed by atoms with van der Waals surface area (Å²) >= 11 is 0. The van der Waals surface area contributed by atoms with Crippen LogP contribution < -0.4 is 44.6 Å². The van der Waals surface area contributed by atoms with Crippen molar-refractivity contribution in [1.82, 2.24) is 20.9 Å². The molecule has 57 heavy (non-hydrogen) atoms. The number of hydrogen-bond donors (Lipinski definition) is 12. The van der Waals surface area contributed by atoms with Gasteiger partial charge in [-0.05, 0) is 62.1 Å². The number of benzene rings is 1. The molecular weight excluding hydrogens is 750 g/mol. The summed E-state index contributed by atoms with van der Waals surface area (Å²) in [5.41, 5.74) is 28.1. The normalized spacial score (nSPS) is 15.1. The SMILES string of the molecule is CC(=O)O.CC(=O)O.CC(C)[C@H](NC(=O)[C@@H](N)CCCN=C(N)N)C(=O)N[C@@H](Cc1ccc(O)cc1)C(=O)N[C@@H](CCCN=C(N)N)C(=O)N1CCC[C@H]1C(=O)O. The zero-order valence-corrected chi connectivity index (χ0v) is 32.7. The number of carboxylic acids is 3. The Labute approximate surface area is 330 Å². The van der Waals surface area contributed by atoms with Gasteiger partial charge in [-0.2, -0.15) is 0 Å². The molecule has 320 valence electrons. The Morgan fingerprint density at radius 2 is 1.26 bits per heavy atom. The number of aromatic hydroxyl groups is 1. The maximum Gasteiger partial charge on any atom is 0.326 e. The zero-order chi connectivity index (χ0) is 43.8. The minimum atomic E-state index is -1.25. The van der Waals surface area contributed by atoms with E-state index in [1.54, 1.807) is 26.0 Å². The monoisotopic (exact) mass is 809 g/mol. The van der Waals surface area contributed by atoms with Gasteiger partial charge in [0.1, 0.15) is 29.9 Å². The predicted octanol–water partition coefficient (Wildman–Crippen LogP) is -2.26. The lowest BCUT2D eigenvalue weighted by Gasteiger charge is -2.30. The number of nitrogens with two attached hydrogens (primary N) is 5. The highest BCUT2D eigenvalue weighted by atomic mass is 16.4. The number of phenols is 1. The molecular formula is C35H59N11O11. The summed E-state index contributed by atoms with van der Waals surface area (Å²) in [7, 11) is 0. The van der Waals surface area contributed by atoms with E-state index in [0.717, 1.165) is 13.8 Å². The van der Waals surface area contributed by atoms with Crippen molar-refractivity contribution >= 4 is 53.5 Å². The average Bonchev–Trinajstić information content (AvgIpc) is 3.60. The standard InChI is InChI=1S/C31H51N11O7.2C2H4O2/c1-17(2)24(41-25(44)20(32)6-3-13-37-30(33)34)27(46)40-22(16-18-9-11-19(43)12-10-18)26(45)39-21(7-4-14-38-31(35)36)28(47)42-15-5-8-23(42)29(48)49;2*1-2(3)4/h9-12,17,20-24,43H,3-8,13-16,32H2,1-2H3,(H,39,45)(H,40,46)(H,41,44)(H,48,49)(H4,33,34,37)(H4,35,36,38);2*1H3,(H,3,4)/t20-,21-,22-,23-,24-;;/m0../s1. The predicted molar refractivity (Wildman–Crippen MR) is 209 cm³/mol. The van der Waals surface area contributed by atoms with Crippen LogP contribution in [0.25, 0.3) is 0 Å². The van der Waals surface area contributed by atoms with E-state index in [4.69, 9.17) is 48.5 Å². The molecule has 0 aromatic heterocycles. The summed E-state index contributed by atoms with van der Waals surface area (Å²) in [6, 6.07) is 0.527. The van der Waals surface area contributed by atoms with Gasteiger partial charge >= 0.3 is 5.97 Å². The van der Waals surface area contributed by atoms with Crippen LogP contribution in [0.4, 0.5) is 0 Å². The molecule has 1 heterocycles. The number of nitrogens with one attached hydrogen (secondary N) is 3. The summed E-state index contributed by atoms with van der Waals surface area (Å²) in [5, 5.41) is 42.3. The number of carbonyl (C=O) groups is 7. The fourth-order valence-corrected chi connectivity index (χ4v) is 5.30. The molecule has 1 aliphatic heterocycles. The maximum absolute atomic E-state index is 13.9. The number of rotatable bonds is 19. The van der Waals surface area contributed by atoms with Gasteiger partial charge < -0.3 is 69.9 Å². The van der Waals surface area contributed by atoms with Gasteiger partial charge in [0.05, 0.1) is 6.04 Å². The molecule has 0 radical (unpaired) electrons. The Morgan fingerprint density at radius 3 is 1.74 bits per heavy atom. The van der Waals surface area contributed by atoms with E-state index < -0.39 is 77.7 Å².